The first-order valence-corrected chi connectivity index (χ1v) is 8.66. The predicted octanol–water partition coefficient (Wildman–Crippen LogP) is 3.67. The normalized spacial score (nSPS) is 10.8. The van der Waals surface area contributed by atoms with Crippen LogP contribution in [-0.4, -0.2) is 28.2 Å². The maximum Gasteiger partial charge on any atom is 0.230 e. The van der Waals surface area contributed by atoms with Gasteiger partial charge in [0.2, 0.25) is 5.91 Å². The van der Waals surface area contributed by atoms with E-state index in [1.54, 1.807) is 0 Å². The van der Waals surface area contributed by atoms with Gasteiger partial charge >= 0.3 is 0 Å². The molecule has 4 nitrogen and oxygen atoms in total. The van der Waals surface area contributed by atoms with Gasteiger partial charge in [-0.15, -0.1) is 11.8 Å². The highest BCUT2D eigenvalue weighted by atomic mass is 35.5. The molecule has 2 N–H and O–H groups in total. The zero-order chi connectivity index (χ0) is 16.1. The monoisotopic (exact) mass is 345 g/mol. The van der Waals surface area contributed by atoms with Gasteiger partial charge in [-0.3, -0.25) is 4.79 Å². The van der Waals surface area contributed by atoms with Crippen LogP contribution in [-0.2, 0) is 11.2 Å². The van der Waals surface area contributed by atoms with E-state index < -0.39 is 0 Å². The highest BCUT2D eigenvalue weighted by molar-refractivity contribution is 8.00. The number of nitrogens with zero attached hydrogens (tertiary/aromatic N) is 1. The van der Waals surface area contributed by atoms with Gasteiger partial charge in [-0.1, -0.05) is 23.7 Å². The van der Waals surface area contributed by atoms with Crippen LogP contribution in [0.5, 0.6) is 0 Å². The van der Waals surface area contributed by atoms with Crippen molar-refractivity contribution in [2.24, 2.45) is 0 Å². The number of H-pyrrole nitrogens is 1. The van der Waals surface area contributed by atoms with Crippen molar-refractivity contribution in [1.82, 2.24) is 15.3 Å². The molecule has 1 amide bonds. The van der Waals surface area contributed by atoms with Crippen LogP contribution in [0, 0.1) is 0 Å². The number of benzene rings is 2. The van der Waals surface area contributed by atoms with Gasteiger partial charge in [0.05, 0.1) is 16.8 Å². The van der Waals surface area contributed by atoms with Crippen molar-refractivity contribution in [3.05, 3.63) is 59.4 Å². The molecule has 0 atom stereocenters. The second-order valence-corrected chi connectivity index (χ2v) is 6.53. The number of aromatic amines is 1. The average Bonchev–Trinajstić information content (AvgIpc) is 2.97. The number of imidazole rings is 1. The number of halogens is 1. The molecule has 3 aromatic rings. The Morgan fingerprint density at radius 2 is 1.96 bits per heavy atom. The summed E-state index contributed by atoms with van der Waals surface area (Å²) in [5.74, 6) is 1.29. The molecule has 0 aliphatic heterocycles. The third-order valence-electron chi connectivity index (χ3n) is 3.31. The van der Waals surface area contributed by atoms with E-state index in [2.05, 4.69) is 15.3 Å². The number of carbonyl (C=O) groups is 1. The number of thioether (sulfide) groups is 1. The van der Waals surface area contributed by atoms with E-state index in [4.69, 9.17) is 11.6 Å². The van der Waals surface area contributed by atoms with Crippen LogP contribution >= 0.6 is 23.4 Å². The molecule has 0 unspecified atom stereocenters. The summed E-state index contributed by atoms with van der Waals surface area (Å²) < 4.78 is 0. The van der Waals surface area contributed by atoms with Gasteiger partial charge < -0.3 is 10.3 Å². The SMILES string of the molecule is O=C(CSc1ccc(Cl)cc1)NCCc1nc2ccccc2[nH]1. The van der Waals surface area contributed by atoms with Crippen molar-refractivity contribution in [3.8, 4) is 0 Å². The zero-order valence-electron chi connectivity index (χ0n) is 12.4. The lowest BCUT2D eigenvalue weighted by Crippen LogP contribution is -2.27. The molecule has 118 valence electrons. The van der Waals surface area contributed by atoms with Crippen LogP contribution in [0.1, 0.15) is 5.82 Å². The lowest BCUT2D eigenvalue weighted by Gasteiger charge is -2.04. The number of amides is 1. The third-order valence-corrected chi connectivity index (χ3v) is 4.57. The number of hydrogen-bond donors (Lipinski definition) is 2. The molecule has 0 bridgehead atoms. The molecule has 1 heterocycles. The van der Waals surface area contributed by atoms with Crippen molar-refractivity contribution >= 4 is 40.3 Å². The fraction of sp³-hybridized carbons (Fsp3) is 0.176. The number of nitrogens with one attached hydrogen (secondary N) is 2. The van der Waals surface area contributed by atoms with Gasteiger partial charge in [0.15, 0.2) is 0 Å². The van der Waals surface area contributed by atoms with Gasteiger partial charge in [0, 0.05) is 22.9 Å². The van der Waals surface area contributed by atoms with Crippen LogP contribution < -0.4 is 5.32 Å². The lowest BCUT2D eigenvalue weighted by molar-refractivity contribution is -0.118. The number of rotatable bonds is 6. The van der Waals surface area contributed by atoms with E-state index in [0.717, 1.165) is 21.8 Å². The highest BCUT2D eigenvalue weighted by Crippen LogP contribution is 2.19. The molecular formula is C17H16ClN3OS. The Kier molecular flexibility index (Phi) is 5.20. The Balaban J connectivity index is 1.43. The summed E-state index contributed by atoms with van der Waals surface area (Å²) in [5.41, 5.74) is 1.97. The molecule has 0 saturated carbocycles. The molecule has 23 heavy (non-hydrogen) atoms. The van der Waals surface area contributed by atoms with Crippen LogP contribution in [0.4, 0.5) is 0 Å². The summed E-state index contributed by atoms with van der Waals surface area (Å²) in [5, 5.41) is 3.61. The van der Waals surface area contributed by atoms with Crippen molar-refractivity contribution in [1.29, 1.82) is 0 Å². The molecule has 0 radical (unpaired) electrons. The first-order chi connectivity index (χ1) is 11.2. The number of para-hydroxylation sites is 2. The van der Waals surface area contributed by atoms with Gasteiger partial charge in [0.1, 0.15) is 5.82 Å². The summed E-state index contributed by atoms with van der Waals surface area (Å²) in [6.45, 7) is 0.569. The van der Waals surface area contributed by atoms with E-state index >= 15 is 0 Å². The zero-order valence-corrected chi connectivity index (χ0v) is 14.0. The molecule has 3 rings (SSSR count). The lowest BCUT2D eigenvalue weighted by atomic mass is 10.3. The Morgan fingerprint density at radius 1 is 1.17 bits per heavy atom. The van der Waals surface area contributed by atoms with Crippen LogP contribution in [0.25, 0.3) is 11.0 Å². The minimum atomic E-state index is 0.0149. The number of carbonyl (C=O) groups excluding carboxylic acids is 1. The minimum absolute atomic E-state index is 0.0149. The summed E-state index contributed by atoms with van der Waals surface area (Å²) >= 11 is 7.33. The molecule has 0 aliphatic rings. The first-order valence-electron chi connectivity index (χ1n) is 7.29. The van der Waals surface area contributed by atoms with Gasteiger partial charge in [-0.25, -0.2) is 4.98 Å². The van der Waals surface area contributed by atoms with Crippen LogP contribution in [0.15, 0.2) is 53.4 Å². The maximum absolute atomic E-state index is 11.9. The fourth-order valence-corrected chi connectivity index (χ4v) is 3.03. The molecule has 0 saturated heterocycles. The Bertz CT molecular complexity index is 768. The molecular weight excluding hydrogens is 330 g/mol. The number of aromatic nitrogens is 2. The molecule has 0 aliphatic carbocycles. The van der Waals surface area contributed by atoms with Gasteiger partial charge in [0.25, 0.3) is 0 Å². The fourth-order valence-electron chi connectivity index (χ4n) is 2.18. The van der Waals surface area contributed by atoms with E-state index in [0.29, 0.717) is 23.7 Å². The van der Waals surface area contributed by atoms with Gasteiger partial charge in [-0.2, -0.15) is 0 Å². The topological polar surface area (TPSA) is 57.8 Å². The summed E-state index contributed by atoms with van der Waals surface area (Å²) in [4.78, 5) is 20.6. The standard InChI is InChI=1S/C17H16ClN3OS/c18-12-5-7-13(8-6-12)23-11-17(22)19-10-9-16-20-14-3-1-2-4-15(14)21-16/h1-8H,9-11H2,(H,19,22)(H,20,21). The summed E-state index contributed by atoms with van der Waals surface area (Å²) in [6, 6.07) is 15.4. The number of fused-ring (bicyclic) bond motifs is 1. The average molecular weight is 346 g/mol. The summed E-state index contributed by atoms with van der Waals surface area (Å²) in [6.07, 6.45) is 0.687. The quantitative estimate of drug-likeness (QED) is 0.670. The van der Waals surface area contributed by atoms with E-state index in [1.807, 2.05) is 48.5 Å². The molecule has 0 fully saturated rings. The molecule has 1 aromatic heterocycles. The second kappa shape index (κ2) is 7.53. The van der Waals surface area contributed by atoms with E-state index in [9.17, 15) is 4.79 Å². The third kappa shape index (κ3) is 4.50. The van der Waals surface area contributed by atoms with Gasteiger partial charge in [-0.05, 0) is 36.4 Å². The first kappa shape index (κ1) is 15.9. The predicted molar refractivity (Wildman–Crippen MR) is 95.0 cm³/mol. The molecule has 6 heteroatoms. The second-order valence-electron chi connectivity index (χ2n) is 5.04. The van der Waals surface area contributed by atoms with E-state index in [-0.39, 0.29) is 5.91 Å². The Morgan fingerprint density at radius 3 is 2.74 bits per heavy atom. The van der Waals surface area contributed by atoms with Crippen molar-refractivity contribution in [2.75, 3.05) is 12.3 Å². The minimum Gasteiger partial charge on any atom is -0.355 e. The maximum atomic E-state index is 11.9. The smallest absolute Gasteiger partial charge is 0.230 e. The highest BCUT2D eigenvalue weighted by Gasteiger charge is 2.05. The van der Waals surface area contributed by atoms with Crippen molar-refractivity contribution in [3.63, 3.8) is 0 Å². The molecule has 0 spiro atoms. The van der Waals surface area contributed by atoms with E-state index in [1.165, 1.54) is 11.8 Å². The summed E-state index contributed by atoms with van der Waals surface area (Å²) in [7, 11) is 0. The van der Waals surface area contributed by atoms with Crippen molar-refractivity contribution < 1.29 is 4.79 Å². The Hall–Kier alpha value is -1.98. The van der Waals surface area contributed by atoms with Crippen molar-refractivity contribution in [2.45, 2.75) is 11.3 Å². The Labute approximate surface area is 143 Å². The van der Waals surface area contributed by atoms with Crippen LogP contribution in [0.3, 0.4) is 0 Å². The number of hydrogen-bond acceptors (Lipinski definition) is 3. The molecule has 2 aromatic carbocycles. The largest absolute Gasteiger partial charge is 0.355 e. The van der Waals surface area contributed by atoms with Crippen LogP contribution in [0.2, 0.25) is 5.02 Å².